The quantitative estimate of drug-likeness (QED) is 0.541. The number of rotatable bonds is 4. The smallest absolute Gasteiger partial charge is 0.251 e. The maximum atomic E-state index is 11.9. The number of nitrogen functional groups attached to an aromatic ring is 1. The molecule has 0 radical (unpaired) electrons. The predicted molar refractivity (Wildman–Crippen MR) is 66.3 cm³/mol. The molecular weight excluding hydrogens is 216 g/mol. The molecule has 1 aliphatic rings. The van der Waals surface area contributed by atoms with Crippen molar-refractivity contribution in [3.63, 3.8) is 0 Å². The Bertz CT molecular complexity index is 388. The molecule has 1 aromatic heterocycles. The minimum atomic E-state index is -0.0594. The Morgan fingerprint density at radius 1 is 1.47 bits per heavy atom. The molecule has 0 spiro atoms. The van der Waals surface area contributed by atoms with Gasteiger partial charge in [-0.3, -0.25) is 4.79 Å². The van der Waals surface area contributed by atoms with Crippen LogP contribution in [0, 0.1) is 5.92 Å². The van der Waals surface area contributed by atoms with Gasteiger partial charge in [-0.2, -0.15) is 0 Å². The van der Waals surface area contributed by atoms with Gasteiger partial charge in [0, 0.05) is 18.3 Å². The number of amides is 1. The van der Waals surface area contributed by atoms with Crippen LogP contribution in [0.2, 0.25) is 0 Å². The molecule has 1 fully saturated rings. The van der Waals surface area contributed by atoms with Crippen molar-refractivity contribution in [1.82, 2.24) is 10.3 Å². The molecule has 0 aromatic carbocycles. The highest BCUT2D eigenvalue weighted by molar-refractivity contribution is 5.94. The molecule has 0 unspecified atom stereocenters. The van der Waals surface area contributed by atoms with E-state index in [-0.39, 0.29) is 5.91 Å². The van der Waals surface area contributed by atoms with E-state index in [1.54, 1.807) is 18.3 Å². The molecule has 0 saturated heterocycles. The van der Waals surface area contributed by atoms with Gasteiger partial charge in [0.25, 0.3) is 5.91 Å². The lowest BCUT2D eigenvalue weighted by Crippen LogP contribution is -2.28. The number of hydrogen-bond donors (Lipinski definition) is 3. The third-order valence-corrected chi connectivity index (χ3v) is 3.20. The molecular formula is C12H18N4O. The maximum Gasteiger partial charge on any atom is 0.251 e. The minimum absolute atomic E-state index is 0.0594. The molecule has 0 aliphatic heterocycles. The average molecular weight is 234 g/mol. The number of nitrogens with two attached hydrogens (primary N) is 1. The Kier molecular flexibility index (Phi) is 3.93. The molecule has 1 heterocycles. The van der Waals surface area contributed by atoms with Gasteiger partial charge in [-0.1, -0.05) is 12.8 Å². The topological polar surface area (TPSA) is 80.0 Å². The molecule has 1 aliphatic carbocycles. The molecule has 92 valence electrons. The van der Waals surface area contributed by atoms with Crippen molar-refractivity contribution >= 4 is 11.7 Å². The summed E-state index contributed by atoms with van der Waals surface area (Å²) in [4.78, 5) is 15.8. The summed E-state index contributed by atoms with van der Waals surface area (Å²) in [6.45, 7) is 0.770. The summed E-state index contributed by atoms with van der Waals surface area (Å²) in [6.07, 6.45) is 6.60. The first-order valence-electron chi connectivity index (χ1n) is 6.00. The monoisotopic (exact) mass is 234 g/mol. The van der Waals surface area contributed by atoms with E-state index < -0.39 is 0 Å². The largest absolute Gasteiger partial charge is 0.352 e. The lowest BCUT2D eigenvalue weighted by molar-refractivity contribution is 0.0947. The molecule has 17 heavy (non-hydrogen) atoms. The second-order valence-corrected chi connectivity index (χ2v) is 4.43. The zero-order chi connectivity index (χ0) is 12.1. The molecule has 1 saturated carbocycles. The van der Waals surface area contributed by atoms with Crippen molar-refractivity contribution in [2.45, 2.75) is 25.7 Å². The van der Waals surface area contributed by atoms with Gasteiger partial charge in [0.15, 0.2) is 0 Å². The molecule has 5 nitrogen and oxygen atoms in total. The van der Waals surface area contributed by atoms with Gasteiger partial charge in [0.05, 0.1) is 0 Å². The third kappa shape index (κ3) is 3.17. The van der Waals surface area contributed by atoms with Crippen molar-refractivity contribution < 1.29 is 4.79 Å². The standard InChI is InChI=1S/C12H18N4O/c13-16-11-7-10(5-6-14-11)12(17)15-8-9-3-1-2-4-9/h5-7,9H,1-4,8,13H2,(H,14,16)(H,15,17). The van der Waals surface area contributed by atoms with Crippen molar-refractivity contribution in [1.29, 1.82) is 0 Å². The second kappa shape index (κ2) is 5.63. The van der Waals surface area contributed by atoms with E-state index >= 15 is 0 Å². The number of carbonyl (C=O) groups excluding carboxylic acids is 1. The highest BCUT2D eigenvalue weighted by Crippen LogP contribution is 2.23. The Morgan fingerprint density at radius 3 is 2.94 bits per heavy atom. The lowest BCUT2D eigenvalue weighted by Gasteiger charge is -2.10. The predicted octanol–water partition coefficient (Wildman–Crippen LogP) is 1.29. The van der Waals surface area contributed by atoms with Crippen LogP contribution in [0.5, 0.6) is 0 Å². The normalized spacial score (nSPS) is 15.8. The van der Waals surface area contributed by atoms with E-state index in [9.17, 15) is 4.79 Å². The number of nitrogens with one attached hydrogen (secondary N) is 2. The molecule has 4 N–H and O–H groups in total. The number of anilines is 1. The molecule has 1 aromatic rings. The number of hydrogen-bond acceptors (Lipinski definition) is 4. The van der Waals surface area contributed by atoms with E-state index in [1.165, 1.54) is 25.7 Å². The van der Waals surface area contributed by atoms with E-state index in [4.69, 9.17) is 5.84 Å². The first-order valence-corrected chi connectivity index (χ1v) is 6.00. The minimum Gasteiger partial charge on any atom is -0.352 e. The van der Waals surface area contributed by atoms with E-state index in [0.29, 0.717) is 17.3 Å². The Hall–Kier alpha value is -1.62. The summed E-state index contributed by atoms with van der Waals surface area (Å²) >= 11 is 0. The molecule has 2 rings (SSSR count). The van der Waals surface area contributed by atoms with Gasteiger partial charge in [-0.05, 0) is 30.9 Å². The third-order valence-electron chi connectivity index (χ3n) is 3.20. The molecule has 0 atom stereocenters. The van der Waals surface area contributed by atoms with Crippen LogP contribution in [0.4, 0.5) is 5.82 Å². The highest BCUT2D eigenvalue weighted by Gasteiger charge is 2.16. The van der Waals surface area contributed by atoms with Gasteiger partial charge < -0.3 is 10.7 Å². The first-order chi connectivity index (χ1) is 8.29. The van der Waals surface area contributed by atoms with E-state index in [0.717, 1.165) is 6.54 Å². The van der Waals surface area contributed by atoms with Crippen LogP contribution >= 0.6 is 0 Å². The van der Waals surface area contributed by atoms with Crippen LogP contribution in [0.3, 0.4) is 0 Å². The van der Waals surface area contributed by atoms with Gasteiger partial charge >= 0.3 is 0 Å². The zero-order valence-electron chi connectivity index (χ0n) is 9.78. The Balaban J connectivity index is 1.89. The molecule has 1 amide bonds. The summed E-state index contributed by atoms with van der Waals surface area (Å²) in [6, 6.07) is 3.33. The zero-order valence-corrected chi connectivity index (χ0v) is 9.78. The van der Waals surface area contributed by atoms with E-state index in [1.807, 2.05) is 0 Å². The summed E-state index contributed by atoms with van der Waals surface area (Å²) in [5, 5.41) is 2.96. The SMILES string of the molecule is NNc1cc(C(=O)NCC2CCCC2)ccn1. The van der Waals surface area contributed by atoms with Crippen molar-refractivity contribution in [3.8, 4) is 0 Å². The number of aromatic nitrogens is 1. The van der Waals surface area contributed by atoms with Crippen LogP contribution in [-0.2, 0) is 0 Å². The number of pyridine rings is 1. The van der Waals surface area contributed by atoms with E-state index in [2.05, 4.69) is 15.7 Å². The summed E-state index contributed by atoms with van der Waals surface area (Å²) in [5.74, 6) is 6.33. The highest BCUT2D eigenvalue weighted by atomic mass is 16.1. The molecule has 0 bridgehead atoms. The number of nitrogens with zero attached hydrogens (tertiary/aromatic N) is 1. The summed E-state index contributed by atoms with van der Waals surface area (Å²) < 4.78 is 0. The fourth-order valence-corrected chi connectivity index (χ4v) is 2.20. The van der Waals surface area contributed by atoms with Crippen LogP contribution in [0.15, 0.2) is 18.3 Å². The van der Waals surface area contributed by atoms with Gasteiger partial charge in [0.2, 0.25) is 0 Å². The number of hydrazine groups is 1. The van der Waals surface area contributed by atoms with Crippen molar-refractivity contribution in [2.75, 3.05) is 12.0 Å². The summed E-state index contributed by atoms with van der Waals surface area (Å²) in [7, 11) is 0. The van der Waals surface area contributed by atoms with Gasteiger partial charge in [-0.15, -0.1) is 0 Å². The van der Waals surface area contributed by atoms with Crippen LogP contribution in [0.1, 0.15) is 36.0 Å². The van der Waals surface area contributed by atoms with Crippen molar-refractivity contribution in [2.24, 2.45) is 11.8 Å². The summed E-state index contributed by atoms with van der Waals surface area (Å²) in [5.41, 5.74) is 3.02. The Labute approximate surface area is 101 Å². The van der Waals surface area contributed by atoms with Crippen LogP contribution in [0.25, 0.3) is 0 Å². The van der Waals surface area contributed by atoms with Gasteiger partial charge in [-0.25, -0.2) is 10.8 Å². The Morgan fingerprint density at radius 2 is 2.24 bits per heavy atom. The average Bonchev–Trinajstić information content (AvgIpc) is 2.89. The van der Waals surface area contributed by atoms with Crippen molar-refractivity contribution in [3.05, 3.63) is 23.9 Å². The maximum absolute atomic E-state index is 11.9. The fraction of sp³-hybridized carbons (Fsp3) is 0.500. The fourth-order valence-electron chi connectivity index (χ4n) is 2.20. The number of carbonyl (C=O) groups is 1. The van der Waals surface area contributed by atoms with Crippen LogP contribution in [-0.4, -0.2) is 17.4 Å². The first kappa shape index (κ1) is 11.9. The molecule has 5 heteroatoms. The second-order valence-electron chi connectivity index (χ2n) is 4.43. The van der Waals surface area contributed by atoms with Crippen LogP contribution < -0.4 is 16.6 Å². The lowest BCUT2D eigenvalue weighted by atomic mass is 10.1. The van der Waals surface area contributed by atoms with Gasteiger partial charge in [0.1, 0.15) is 5.82 Å².